The lowest BCUT2D eigenvalue weighted by atomic mass is 10.0. The Morgan fingerprint density at radius 3 is 2.33 bits per heavy atom. The minimum Gasteiger partial charge on any atom is -0.763 e. The highest BCUT2D eigenvalue weighted by Gasteiger charge is 2.19. The van der Waals surface area contributed by atoms with Gasteiger partial charge in [-0.2, -0.15) is 0 Å². The molecule has 15 heavy (non-hydrogen) atoms. The van der Waals surface area contributed by atoms with E-state index in [-0.39, 0.29) is 5.57 Å². The summed E-state index contributed by atoms with van der Waals surface area (Å²) in [5, 5.41) is 8.78. The van der Waals surface area contributed by atoms with E-state index in [0.29, 0.717) is 5.56 Å². The number of esters is 1. The molecule has 0 saturated carbocycles. The number of Topliss-reactive ketones (excluding diaryl/α,β-unsaturated/α-hetero) is 1. The molecule has 0 fully saturated rings. The highest BCUT2D eigenvalue weighted by atomic mass is 16.5. The van der Waals surface area contributed by atoms with Crippen LogP contribution in [0.2, 0.25) is 0 Å². The Balaban J connectivity index is 3.08. The van der Waals surface area contributed by atoms with Gasteiger partial charge in [0.05, 0.1) is 12.7 Å². The van der Waals surface area contributed by atoms with Crippen molar-refractivity contribution < 1.29 is 14.3 Å². The van der Waals surface area contributed by atoms with Gasteiger partial charge in [0, 0.05) is 0 Å². The topological polar surface area (TPSA) is 65.7 Å². The summed E-state index contributed by atoms with van der Waals surface area (Å²) in [4.78, 5) is 22.3. The van der Waals surface area contributed by atoms with Crippen LogP contribution < -0.4 is 0 Å². The fourth-order valence-corrected chi connectivity index (χ4v) is 1.05. The Hall–Kier alpha value is -2.19. The van der Waals surface area contributed by atoms with Crippen molar-refractivity contribution >= 4 is 23.2 Å². The SMILES string of the molecule is COC(=O)C(=O)C(=C=[N-])c1ccccc1. The second-order valence-electron chi connectivity index (χ2n) is 2.67. The number of carbonyl (C=O) groups excluding carboxylic acids is 2. The lowest BCUT2D eigenvalue weighted by Crippen LogP contribution is -2.17. The summed E-state index contributed by atoms with van der Waals surface area (Å²) in [6.45, 7) is 0. The minimum absolute atomic E-state index is 0.206. The zero-order valence-electron chi connectivity index (χ0n) is 8.06. The summed E-state index contributed by atoms with van der Waals surface area (Å²) in [6, 6.07) is 8.27. The number of benzene rings is 1. The fraction of sp³-hybridized carbons (Fsp3) is 0.0909. The Bertz CT molecular complexity index is 430. The van der Waals surface area contributed by atoms with Gasteiger partial charge in [-0.25, -0.2) is 4.79 Å². The van der Waals surface area contributed by atoms with E-state index >= 15 is 0 Å². The second-order valence-corrected chi connectivity index (χ2v) is 2.67. The number of rotatable bonds is 3. The van der Waals surface area contributed by atoms with E-state index in [0.717, 1.165) is 7.11 Å². The first-order chi connectivity index (χ1) is 7.20. The van der Waals surface area contributed by atoms with Crippen LogP contribution >= 0.6 is 0 Å². The fourth-order valence-electron chi connectivity index (χ4n) is 1.05. The highest BCUT2D eigenvalue weighted by molar-refractivity contribution is 6.55. The zero-order valence-corrected chi connectivity index (χ0v) is 8.06. The Morgan fingerprint density at radius 2 is 1.87 bits per heavy atom. The van der Waals surface area contributed by atoms with Crippen LogP contribution in [0.5, 0.6) is 0 Å². The molecule has 0 aliphatic carbocycles. The lowest BCUT2D eigenvalue weighted by molar-refractivity contribution is -0.148. The van der Waals surface area contributed by atoms with Crippen molar-refractivity contribution in [2.45, 2.75) is 0 Å². The number of nitrogens with zero attached hydrogens (tertiary/aromatic N) is 1. The molecule has 0 atom stereocenters. The molecule has 0 N–H and O–H groups in total. The quantitative estimate of drug-likeness (QED) is 0.318. The molecule has 0 aromatic heterocycles. The number of methoxy groups -OCH3 is 1. The van der Waals surface area contributed by atoms with Crippen LogP contribution in [0, 0.1) is 0 Å². The molecule has 4 nitrogen and oxygen atoms in total. The standard InChI is InChI=1S/C11H8NO3/c1-15-11(14)10(13)9(7-12)8-5-3-2-4-6-8/h2-6H,1H3/q-1. The van der Waals surface area contributed by atoms with Crippen molar-refractivity contribution in [3.63, 3.8) is 0 Å². The maximum absolute atomic E-state index is 11.4. The first-order valence-electron chi connectivity index (χ1n) is 4.15. The van der Waals surface area contributed by atoms with E-state index in [2.05, 4.69) is 4.74 Å². The van der Waals surface area contributed by atoms with Gasteiger partial charge in [0.25, 0.3) is 5.78 Å². The number of hydrogen-bond acceptors (Lipinski definition) is 3. The molecule has 0 radical (unpaired) electrons. The van der Waals surface area contributed by atoms with Crippen molar-refractivity contribution in [1.29, 1.82) is 0 Å². The summed E-state index contributed by atoms with van der Waals surface area (Å²) >= 11 is 0. The molecule has 1 rings (SSSR count). The number of ether oxygens (including phenoxy) is 1. The molecular weight excluding hydrogens is 194 g/mol. The van der Waals surface area contributed by atoms with Crippen LogP contribution in [-0.2, 0) is 14.3 Å². The van der Waals surface area contributed by atoms with Crippen molar-refractivity contribution in [2.24, 2.45) is 0 Å². The highest BCUT2D eigenvalue weighted by Crippen LogP contribution is 2.12. The molecule has 4 heteroatoms. The third-order valence-corrected chi connectivity index (χ3v) is 1.77. The van der Waals surface area contributed by atoms with Crippen LogP contribution in [0.4, 0.5) is 0 Å². The summed E-state index contributed by atoms with van der Waals surface area (Å²) in [7, 11) is 1.10. The third-order valence-electron chi connectivity index (χ3n) is 1.77. The number of ketones is 1. The molecule has 0 unspecified atom stereocenters. The zero-order chi connectivity index (χ0) is 11.3. The van der Waals surface area contributed by atoms with Gasteiger partial charge in [-0.3, -0.25) is 10.7 Å². The number of carbonyl (C=O) groups is 2. The predicted molar refractivity (Wildman–Crippen MR) is 55.2 cm³/mol. The van der Waals surface area contributed by atoms with Crippen molar-refractivity contribution in [3.05, 3.63) is 41.3 Å². The molecule has 0 aliphatic rings. The molecule has 0 saturated heterocycles. The van der Waals surface area contributed by atoms with Crippen LogP contribution in [0.3, 0.4) is 0 Å². The predicted octanol–water partition coefficient (Wildman–Crippen LogP) is 1.05. The Kier molecular flexibility index (Phi) is 3.55. The van der Waals surface area contributed by atoms with Crippen molar-refractivity contribution in [3.8, 4) is 0 Å². The van der Waals surface area contributed by atoms with E-state index in [9.17, 15) is 9.59 Å². The van der Waals surface area contributed by atoms with Gasteiger partial charge in [0.15, 0.2) is 0 Å². The van der Waals surface area contributed by atoms with Gasteiger partial charge >= 0.3 is 5.97 Å². The van der Waals surface area contributed by atoms with Gasteiger partial charge < -0.3 is 10.1 Å². The second kappa shape index (κ2) is 4.88. The molecule has 76 valence electrons. The molecule has 0 spiro atoms. The molecule has 1 aromatic rings. The van der Waals surface area contributed by atoms with E-state index in [1.807, 2.05) is 0 Å². The molecule has 0 amide bonds. The van der Waals surface area contributed by atoms with Crippen molar-refractivity contribution in [1.82, 2.24) is 0 Å². The summed E-state index contributed by atoms with van der Waals surface area (Å²) in [5.74, 6) is -0.257. The normalized spacial score (nSPS) is 8.87. The van der Waals surface area contributed by atoms with Crippen molar-refractivity contribution in [2.75, 3.05) is 7.11 Å². The van der Waals surface area contributed by atoms with E-state index < -0.39 is 11.8 Å². The van der Waals surface area contributed by atoms with Gasteiger partial charge in [0.1, 0.15) is 0 Å². The molecule has 1 aromatic carbocycles. The van der Waals surface area contributed by atoms with Crippen LogP contribution in [0.25, 0.3) is 11.0 Å². The Morgan fingerprint density at radius 1 is 1.27 bits per heavy atom. The van der Waals surface area contributed by atoms with Crippen LogP contribution in [-0.4, -0.2) is 24.7 Å². The Labute approximate surface area is 86.7 Å². The van der Waals surface area contributed by atoms with E-state index in [4.69, 9.17) is 5.41 Å². The van der Waals surface area contributed by atoms with Crippen LogP contribution in [0.1, 0.15) is 5.56 Å². The molecule has 0 bridgehead atoms. The smallest absolute Gasteiger partial charge is 0.380 e. The summed E-state index contributed by atoms with van der Waals surface area (Å²) < 4.78 is 4.26. The van der Waals surface area contributed by atoms with Gasteiger partial charge in [-0.05, 0) is 5.56 Å². The van der Waals surface area contributed by atoms with Crippen LogP contribution in [0.15, 0.2) is 30.3 Å². The first-order valence-corrected chi connectivity index (χ1v) is 4.15. The van der Waals surface area contributed by atoms with Gasteiger partial charge in [-0.15, -0.1) is 0 Å². The summed E-state index contributed by atoms with van der Waals surface area (Å²) in [6.07, 6.45) is 0. The maximum Gasteiger partial charge on any atom is 0.380 e. The first kappa shape index (κ1) is 10.9. The van der Waals surface area contributed by atoms with E-state index in [1.54, 1.807) is 36.2 Å². The molecule has 0 aliphatic heterocycles. The van der Waals surface area contributed by atoms with Gasteiger partial charge in [0.2, 0.25) is 0 Å². The summed E-state index contributed by atoms with van der Waals surface area (Å²) in [5.41, 5.74) is 0.206. The monoisotopic (exact) mass is 202 g/mol. The number of hydrogen-bond donors (Lipinski definition) is 0. The maximum atomic E-state index is 11.4. The average Bonchev–Trinajstić information content (AvgIpc) is 2.30. The minimum atomic E-state index is -1.03. The largest absolute Gasteiger partial charge is 0.763 e. The van der Waals surface area contributed by atoms with E-state index in [1.165, 1.54) is 0 Å². The average molecular weight is 202 g/mol. The third kappa shape index (κ3) is 2.39. The molecule has 0 heterocycles. The molecular formula is C11H8NO3-. The lowest BCUT2D eigenvalue weighted by Gasteiger charge is -2.03. The van der Waals surface area contributed by atoms with Gasteiger partial charge in [-0.1, -0.05) is 30.3 Å².